The zero-order valence-corrected chi connectivity index (χ0v) is 33.0. The third-order valence-electron chi connectivity index (χ3n) is 7.89. The van der Waals surface area contributed by atoms with Crippen LogP contribution in [-0.2, 0) is 32.7 Å². The monoisotopic (exact) mass is 737 g/mol. The van der Waals surface area contributed by atoms with Gasteiger partial charge in [-0.05, 0) is 77.0 Å². The van der Waals surface area contributed by atoms with Gasteiger partial charge in [0.2, 0.25) is 0 Å². The first-order valence-electron chi connectivity index (χ1n) is 19.8. The molecule has 0 aliphatic heterocycles. The topological polar surface area (TPSA) is 134 Å². The molecule has 294 valence electrons. The van der Waals surface area contributed by atoms with Gasteiger partial charge in [-0.2, -0.15) is 0 Å². The molecule has 0 fully saturated rings. The van der Waals surface area contributed by atoms with Gasteiger partial charge in [0, 0.05) is 19.4 Å². The lowest BCUT2D eigenvalue weighted by molar-refractivity contribution is -0.161. The number of allylic oxidation sites excluding steroid dienone is 10. The molecule has 0 aliphatic rings. The third-order valence-corrected chi connectivity index (χ3v) is 8.87. The number of carbonyl (C=O) groups is 2. The summed E-state index contributed by atoms with van der Waals surface area (Å²) >= 11 is 0. The first kappa shape index (κ1) is 48.7. The molecule has 0 aromatic rings. The van der Waals surface area contributed by atoms with E-state index in [1.165, 1.54) is 51.4 Å². The van der Waals surface area contributed by atoms with E-state index in [9.17, 15) is 19.0 Å². The van der Waals surface area contributed by atoms with Gasteiger partial charge in [0.1, 0.15) is 6.61 Å². The van der Waals surface area contributed by atoms with Crippen LogP contribution >= 0.6 is 7.82 Å². The Bertz CT molecular complexity index is 1020. The Morgan fingerprint density at radius 2 is 1.08 bits per heavy atom. The second-order valence-corrected chi connectivity index (χ2v) is 14.2. The Kier molecular flexibility index (Phi) is 35.8. The number of nitrogens with two attached hydrogens (primary N) is 1. The lowest BCUT2D eigenvalue weighted by Crippen LogP contribution is -2.29. The molecular weight excluding hydrogens is 665 g/mol. The summed E-state index contributed by atoms with van der Waals surface area (Å²) in [5, 5.41) is 0. The molecular formula is C41H72NO8P. The Balaban J connectivity index is 4.29. The van der Waals surface area contributed by atoms with Crippen LogP contribution in [0.1, 0.15) is 155 Å². The highest BCUT2D eigenvalue weighted by Gasteiger charge is 2.25. The Morgan fingerprint density at radius 1 is 0.608 bits per heavy atom. The quantitative estimate of drug-likeness (QED) is 0.0279. The number of esters is 2. The minimum Gasteiger partial charge on any atom is -0.462 e. The maximum atomic E-state index is 12.5. The molecule has 0 spiro atoms. The average molecular weight is 738 g/mol. The molecule has 51 heavy (non-hydrogen) atoms. The molecule has 0 aliphatic carbocycles. The van der Waals surface area contributed by atoms with E-state index in [0.29, 0.717) is 12.8 Å². The fourth-order valence-electron chi connectivity index (χ4n) is 4.97. The largest absolute Gasteiger partial charge is 0.472 e. The van der Waals surface area contributed by atoms with Crippen LogP contribution in [0, 0.1) is 0 Å². The van der Waals surface area contributed by atoms with Gasteiger partial charge in [-0.3, -0.25) is 18.6 Å². The first-order chi connectivity index (χ1) is 24.8. The van der Waals surface area contributed by atoms with Gasteiger partial charge in [0.25, 0.3) is 0 Å². The van der Waals surface area contributed by atoms with Crippen LogP contribution in [0.15, 0.2) is 60.8 Å². The van der Waals surface area contributed by atoms with Gasteiger partial charge >= 0.3 is 19.8 Å². The average Bonchev–Trinajstić information content (AvgIpc) is 3.11. The minimum absolute atomic E-state index is 0.0445. The Hall–Kier alpha value is -2.29. The predicted molar refractivity (Wildman–Crippen MR) is 210 cm³/mol. The highest BCUT2D eigenvalue weighted by Crippen LogP contribution is 2.43. The van der Waals surface area contributed by atoms with E-state index in [0.717, 1.165) is 64.2 Å². The summed E-state index contributed by atoms with van der Waals surface area (Å²) in [6.45, 7) is 3.53. The smallest absolute Gasteiger partial charge is 0.462 e. The highest BCUT2D eigenvalue weighted by molar-refractivity contribution is 7.47. The number of hydrogen-bond acceptors (Lipinski definition) is 8. The van der Waals surface area contributed by atoms with Crippen LogP contribution in [0.5, 0.6) is 0 Å². The van der Waals surface area contributed by atoms with Crippen molar-refractivity contribution < 1.29 is 37.6 Å². The van der Waals surface area contributed by atoms with Crippen molar-refractivity contribution in [3.8, 4) is 0 Å². The van der Waals surface area contributed by atoms with Crippen LogP contribution in [-0.4, -0.2) is 49.3 Å². The van der Waals surface area contributed by atoms with Crippen molar-refractivity contribution in [3.63, 3.8) is 0 Å². The molecule has 0 aromatic carbocycles. The molecule has 0 amide bonds. The van der Waals surface area contributed by atoms with Crippen molar-refractivity contribution in [2.75, 3.05) is 26.4 Å². The van der Waals surface area contributed by atoms with Crippen molar-refractivity contribution in [1.82, 2.24) is 0 Å². The lowest BCUT2D eigenvalue weighted by Gasteiger charge is -2.19. The number of unbranched alkanes of at least 4 members (excludes halogenated alkanes) is 13. The number of carbonyl (C=O) groups excluding carboxylic acids is 2. The van der Waals surface area contributed by atoms with E-state index in [1.54, 1.807) is 0 Å². The normalized spacial score (nSPS) is 14.0. The van der Waals surface area contributed by atoms with Crippen molar-refractivity contribution in [2.24, 2.45) is 5.73 Å². The van der Waals surface area contributed by atoms with E-state index in [1.807, 2.05) is 0 Å². The van der Waals surface area contributed by atoms with E-state index in [-0.39, 0.29) is 32.6 Å². The van der Waals surface area contributed by atoms with Gasteiger partial charge in [-0.1, -0.05) is 126 Å². The van der Waals surface area contributed by atoms with Gasteiger partial charge in [-0.25, -0.2) is 4.57 Å². The summed E-state index contributed by atoms with van der Waals surface area (Å²) in [6, 6.07) is 0. The van der Waals surface area contributed by atoms with Crippen LogP contribution in [0.2, 0.25) is 0 Å². The molecule has 1 unspecified atom stereocenters. The maximum absolute atomic E-state index is 12.5. The third kappa shape index (κ3) is 37.3. The number of hydrogen-bond donors (Lipinski definition) is 2. The van der Waals surface area contributed by atoms with Crippen LogP contribution < -0.4 is 5.73 Å². The fraction of sp³-hybridized carbons (Fsp3) is 0.707. The van der Waals surface area contributed by atoms with E-state index in [4.69, 9.17) is 24.3 Å². The van der Waals surface area contributed by atoms with Gasteiger partial charge in [0.15, 0.2) is 6.10 Å². The zero-order valence-electron chi connectivity index (χ0n) is 32.1. The zero-order chi connectivity index (χ0) is 37.5. The van der Waals surface area contributed by atoms with Crippen LogP contribution in [0.3, 0.4) is 0 Å². The van der Waals surface area contributed by atoms with Crippen molar-refractivity contribution in [1.29, 1.82) is 0 Å². The highest BCUT2D eigenvalue weighted by atomic mass is 31.2. The summed E-state index contributed by atoms with van der Waals surface area (Å²) in [4.78, 5) is 34.7. The van der Waals surface area contributed by atoms with Crippen molar-refractivity contribution >= 4 is 19.8 Å². The standard InChI is InChI=1S/C41H72NO8P/c1-3-5-7-9-11-13-15-17-19-21-23-25-27-29-31-33-40(43)47-37-39(38-49-51(45,46)48-36-35-42)50-41(44)34-32-30-28-26-24-22-20-18-16-14-12-10-8-6-4-2/h5,7,11,13-14,16-17,19,23,25,39H,3-4,6,8-10,12,15,18,20-22,24,26-38,42H2,1-2H3,(H,45,46)/b7-5+,13-11+,16-14+,19-17+,25-23+/t39-/m1/s1. The summed E-state index contributed by atoms with van der Waals surface area (Å²) in [5.41, 5.74) is 5.33. The first-order valence-corrected chi connectivity index (χ1v) is 21.3. The van der Waals surface area contributed by atoms with Gasteiger partial charge in [0.05, 0.1) is 13.2 Å². The molecule has 0 heterocycles. The lowest BCUT2D eigenvalue weighted by atomic mass is 10.1. The van der Waals surface area contributed by atoms with Gasteiger partial charge in [-0.15, -0.1) is 0 Å². The molecule has 2 atom stereocenters. The molecule has 0 bridgehead atoms. The maximum Gasteiger partial charge on any atom is 0.472 e. The number of phosphoric ester groups is 1. The fourth-order valence-corrected chi connectivity index (χ4v) is 5.74. The minimum atomic E-state index is -4.38. The van der Waals surface area contributed by atoms with E-state index in [2.05, 4.69) is 74.6 Å². The second-order valence-electron chi connectivity index (χ2n) is 12.8. The second kappa shape index (κ2) is 37.5. The number of ether oxygens (including phenoxy) is 2. The number of rotatable bonds is 36. The van der Waals surface area contributed by atoms with E-state index >= 15 is 0 Å². The van der Waals surface area contributed by atoms with Crippen molar-refractivity contribution in [2.45, 2.75) is 161 Å². The predicted octanol–water partition coefficient (Wildman–Crippen LogP) is 10.9. The summed E-state index contributed by atoms with van der Waals surface area (Å²) < 4.78 is 32.6. The van der Waals surface area contributed by atoms with Crippen molar-refractivity contribution in [3.05, 3.63) is 60.8 Å². The molecule has 9 nitrogen and oxygen atoms in total. The Labute approximate surface area is 310 Å². The van der Waals surface area contributed by atoms with E-state index < -0.39 is 32.5 Å². The SMILES string of the molecule is CC/C=C/C/C=C/C/C=C/C/C=C/CCCCC(=O)OC[C@H](COP(=O)(O)OCCN)OC(=O)CCCCCCCCC/C=C/CCCCCC. The summed E-state index contributed by atoms with van der Waals surface area (Å²) in [5.74, 6) is -0.888. The molecule has 0 saturated heterocycles. The molecule has 10 heteroatoms. The summed E-state index contributed by atoms with van der Waals surface area (Å²) in [6.07, 6.45) is 42.5. The Morgan fingerprint density at radius 3 is 1.67 bits per heavy atom. The van der Waals surface area contributed by atoms with Crippen LogP contribution in [0.25, 0.3) is 0 Å². The molecule has 3 N–H and O–H groups in total. The molecule has 0 aromatic heterocycles. The molecule has 0 radical (unpaired) electrons. The molecule has 0 rings (SSSR count). The number of phosphoric acid groups is 1. The van der Waals surface area contributed by atoms with Crippen LogP contribution in [0.4, 0.5) is 0 Å². The summed E-state index contributed by atoms with van der Waals surface area (Å²) in [7, 11) is -4.38. The van der Waals surface area contributed by atoms with Gasteiger partial charge < -0.3 is 20.1 Å². The molecule has 0 saturated carbocycles.